The first-order valence-electron chi connectivity index (χ1n) is 10.1. The molecule has 4 rings (SSSR count). The summed E-state index contributed by atoms with van der Waals surface area (Å²) >= 11 is 0. The molecule has 0 heterocycles. The largest absolute Gasteiger partial charge is 0.0624 e. The second-order valence-electron chi connectivity index (χ2n) is 8.26. The second-order valence-corrected chi connectivity index (χ2v) is 8.26. The molecule has 0 nitrogen and oxygen atoms in total. The van der Waals surface area contributed by atoms with Crippen molar-refractivity contribution in [1.29, 1.82) is 0 Å². The molecular formula is C28H28. The fourth-order valence-corrected chi connectivity index (χ4v) is 4.44. The second kappa shape index (κ2) is 7.28. The fraction of sp³-hybridized carbons (Fsp3) is 0.214. The Hall–Kier alpha value is -2.86. The summed E-state index contributed by atoms with van der Waals surface area (Å²) < 4.78 is 0. The highest BCUT2D eigenvalue weighted by atomic mass is 14.4. The third-order valence-corrected chi connectivity index (χ3v) is 6.39. The average Bonchev–Trinajstić information content (AvgIpc) is 2.72. The van der Waals surface area contributed by atoms with Crippen LogP contribution < -0.4 is 0 Å². The van der Waals surface area contributed by atoms with E-state index in [2.05, 4.69) is 113 Å². The lowest BCUT2D eigenvalue weighted by Crippen LogP contribution is -2.26. The van der Waals surface area contributed by atoms with Gasteiger partial charge in [-0.1, -0.05) is 91.4 Å². The SMILES string of the molecule is CC1=CC(C)=C(c2cccc(-c3ccccc3C)c2)CC1(C)c1ccccc1. The van der Waals surface area contributed by atoms with E-state index in [4.69, 9.17) is 0 Å². The molecule has 28 heavy (non-hydrogen) atoms. The third-order valence-electron chi connectivity index (χ3n) is 6.39. The van der Waals surface area contributed by atoms with Gasteiger partial charge in [-0.3, -0.25) is 0 Å². The van der Waals surface area contributed by atoms with Crippen LogP contribution in [0.5, 0.6) is 0 Å². The van der Waals surface area contributed by atoms with Crippen molar-refractivity contribution >= 4 is 5.57 Å². The van der Waals surface area contributed by atoms with Gasteiger partial charge >= 0.3 is 0 Å². The topological polar surface area (TPSA) is 0 Å². The first-order valence-corrected chi connectivity index (χ1v) is 10.1. The molecule has 140 valence electrons. The number of hydrogen-bond acceptors (Lipinski definition) is 0. The number of allylic oxidation sites excluding steroid dienone is 4. The minimum atomic E-state index is 0.0365. The molecule has 3 aromatic carbocycles. The van der Waals surface area contributed by atoms with Gasteiger partial charge in [-0.2, -0.15) is 0 Å². The predicted octanol–water partition coefficient (Wildman–Crippen LogP) is 7.74. The number of benzene rings is 3. The molecule has 0 saturated heterocycles. The highest BCUT2D eigenvalue weighted by Crippen LogP contribution is 2.45. The van der Waals surface area contributed by atoms with Gasteiger partial charge in [0.2, 0.25) is 0 Å². The van der Waals surface area contributed by atoms with E-state index < -0.39 is 0 Å². The molecule has 0 aliphatic heterocycles. The first kappa shape index (κ1) is 18.5. The molecule has 0 radical (unpaired) electrons. The molecule has 1 aliphatic carbocycles. The van der Waals surface area contributed by atoms with Crippen molar-refractivity contribution in [3.8, 4) is 11.1 Å². The smallest absolute Gasteiger partial charge is 0.0174 e. The predicted molar refractivity (Wildman–Crippen MR) is 121 cm³/mol. The van der Waals surface area contributed by atoms with Gasteiger partial charge in [-0.15, -0.1) is 0 Å². The Kier molecular flexibility index (Phi) is 4.81. The van der Waals surface area contributed by atoms with Crippen molar-refractivity contribution in [2.24, 2.45) is 0 Å². The van der Waals surface area contributed by atoms with E-state index in [1.807, 2.05) is 0 Å². The maximum atomic E-state index is 2.38. The average molecular weight is 365 g/mol. The van der Waals surface area contributed by atoms with Crippen LogP contribution in [0.2, 0.25) is 0 Å². The lowest BCUT2D eigenvalue weighted by Gasteiger charge is -2.37. The van der Waals surface area contributed by atoms with E-state index >= 15 is 0 Å². The molecule has 1 unspecified atom stereocenters. The van der Waals surface area contributed by atoms with E-state index in [1.165, 1.54) is 44.5 Å². The number of rotatable bonds is 3. The van der Waals surface area contributed by atoms with E-state index in [1.54, 1.807) is 0 Å². The molecule has 0 bridgehead atoms. The molecule has 0 saturated carbocycles. The minimum Gasteiger partial charge on any atom is -0.0624 e. The summed E-state index contributed by atoms with van der Waals surface area (Å²) in [4.78, 5) is 0. The van der Waals surface area contributed by atoms with Crippen LogP contribution in [-0.4, -0.2) is 0 Å². The third kappa shape index (κ3) is 3.24. The maximum Gasteiger partial charge on any atom is 0.0174 e. The Morgan fingerprint density at radius 2 is 1.39 bits per heavy atom. The quantitative estimate of drug-likeness (QED) is 0.446. The van der Waals surface area contributed by atoms with E-state index in [9.17, 15) is 0 Å². The van der Waals surface area contributed by atoms with Gasteiger partial charge < -0.3 is 0 Å². The molecule has 1 atom stereocenters. The van der Waals surface area contributed by atoms with Crippen LogP contribution in [0.15, 0.2) is 96.1 Å². The zero-order chi connectivity index (χ0) is 19.7. The molecule has 1 aliphatic rings. The zero-order valence-electron chi connectivity index (χ0n) is 17.3. The van der Waals surface area contributed by atoms with Crippen molar-refractivity contribution in [1.82, 2.24) is 0 Å². The van der Waals surface area contributed by atoms with Crippen LogP contribution in [0.3, 0.4) is 0 Å². The lowest BCUT2D eigenvalue weighted by molar-refractivity contribution is 0.565. The van der Waals surface area contributed by atoms with Gasteiger partial charge in [-0.25, -0.2) is 0 Å². The van der Waals surface area contributed by atoms with Crippen molar-refractivity contribution in [3.05, 3.63) is 113 Å². The molecule has 0 aromatic heterocycles. The molecular weight excluding hydrogens is 336 g/mol. The van der Waals surface area contributed by atoms with Crippen LogP contribution >= 0.6 is 0 Å². The summed E-state index contributed by atoms with van der Waals surface area (Å²) in [6.07, 6.45) is 3.41. The summed E-state index contributed by atoms with van der Waals surface area (Å²) in [6, 6.07) is 28.6. The minimum absolute atomic E-state index is 0.0365. The van der Waals surface area contributed by atoms with E-state index in [0.29, 0.717) is 0 Å². The lowest BCUT2D eigenvalue weighted by atomic mass is 9.67. The summed E-state index contributed by atoms with van der Waals surface area (Å²) in [7, 11) is 0. The summed E-state index contributed by atoms with van der Waals surface area (Å²) in [5.41, 5.74) is 11.0. The molecule has 3 aromatic rings. The van der Waals surface area contributed by atoms with Crippen molar-refractivity contribution < 1.29 is 0 Å². The van der Waals surface area contributed by atoms with Gasteiger partial charge in [-0.05, 0) is 72.2 Å². The number of aryl methyl sites for hydroxylation is 1. The Bertz CT molecular complexity index is 1070. The summed E-state index contributed by atoms with van der Waals surface area (Å²) in [5.74, 6) is 0. The van der Waals surface area contributed by atoms with Crippen LogP contribution in [0.4, 0.5) is 0 Å². The standard InChI is InChI=1S/C28H28/c1-20-11-8-9-16-26(20)23-12-10-13-24(18-23)27-19-28(4,22(3)17-21(27)2)25-14-6-5-7-15-25/h5-18H,19H2,1-4H3. The monoisotopic (exact) mass is 364 g/mol. The maximum absolute atomic E-state index is 2.38. The highest BCUT2D eigenvalue weighted by molar-refractivity contribution is 5.79. The van der Waals surface area contributed by atoms with Crippen LogP contribution in [0.25, 0.3) is 16.7 Å². The summed E-state index contributed by atoms with van der Waals surface area (Å²) in [5, 5.41) is 0. The Morgan fingerprint density at radius 3 is 2.14 bits per heavy atom. The van der Waals surface area contributed by atoms with Gasteiger partial charge in [0, 0.05) is 5.41 Å². The number of hydrogen-bond donors (Lipinski definition) is 0. The van der Waals surface area contributed by atoms with Gasteiger partial charge in [0.05, 0.1) is 0 Å². The van der Waals surface area contributed by atoms with Crippen LogP contribution in [0, 0.1) is 6.92 Å². The van der Waals surface area contributed by atoms with Crippen LogP contribution in [0.1, 0.15) is 43.9 Å². The normalized spacial score (nSPS) is 19.5. The van der Waals surface area contributed by atoms with Crippen molar-refractivity contribution in [3.63, 3.8) is 0 Å². The zero-order valence-corrected chi connectivity index (χ0v) is 17.3. The Labute approximate surface area is 169 Å². The Balaban J connectivity index is 1.78. The fourth-order valence-electron chi connectivity index (χ4n) is 4.44. The van der Waals surface area contributed by atoms with Crippen molar-refractivity contribution in [2.75, 3.05) is 0 Å². The van der Waals surface area contributed by atoms with Gasteiger partial charge in [0.1, 0.15) is 0 Å². The molecule has 0 amide bonds. The van der Waals surface area contributed by atoms with E-state index in [-0.39, 0.29) is 5.41 Å². The van der Waals surface area contributed by atoms with Gasteiger partial charge in [0.25, 0.3) is 0 Å². The van der Waals surface area contributed by atoms with Crippen molar-refractivity contribution in [2.45, 2.75) is 39.5 Å². The van der Waals surface area contributed by atoms with Crippen LogP contribution in [-0.2, 0) is 5.41 Å². The van der Waals surface area contributed by atoms with E-state index in [0.717, 1.165) is 6.42 Å². The Morgan fingerprint density at radius 1 is 0.714 bits per heavy atom. The molecule has 0 fully saturated rings. The summed E-state index contributed by atoms with van der Waals surface area (Å²) in [6.45, 7) is 9.10. The molecule has 0 heteroatoms. The first-order chi connectivity index (χ1) is 13.5. The van der Waals surface area contributed by atoms with Gasteiger partial charge in [0.15, 0.2) is 0 Å². The molecule has 0 N–H and O–H groups in total. The highest BCUT2D eigenvalue weighted by Gasteiger charge is 2.33. The molecule has 0 spiro atoms.